The van der Waals surface area contributed by atoms with E-state index in [-0.39, 0.29) is 24.2 Å². The maximum Gasteiger partial charge on any atom is 0.332 e. The Morgan fingerprint density at radius 3 is 2.52 bits per heavy atom. The van der Waals surface area contributed by atoms with Crippen molar-refractivity contribution in [1.82, 2.24) is 14.1 Å². The molecule has 9 heteroatoms. The number of carbonyl (C=O) groups is 1. The second-order valence-electron chi connectivity index (χ2n) is 6.88. The Balaban J connectivity index is 1.93. The first kappa shape index (κ1) is 20.4. The number of nitrogens with one attached hydrogen (secondary N) is 1. The van der Waals surface area contributed by atoms with E-state index >= 15 is 0 Å². The average molecular weight is 402 g/mol. The summed E-state index contributed by atoms with van der Waals surface area (Å²) in [5.74, 6) is -1.89. The fourth-order valence-electron chi connectivity index (χ4n) is 3.35. The minimum Gasteiger partial charge on any atom is -0.324 e. The number of amides is 1. The molecule has 0 saturated heterocycles. The molecule has 29 heavy (non-hydrogen) atoms. The third kappa shape index (κ3) is 3.67. The van der Waals surface area contributed by atoms with Gasteiger partial charge in [-0.3, -0.25) is 18.7 Å². The lowest BCUT2D eigenvalue weighted by Gasteiger charge is -2.15. The smallest absolute Gasteiger partial charge is 0.324 e. The van der Waals surface area contributed by atoms with E-state index in [1.807, 2.05) is 0 Å². The molecular weight excluding hydrogens is 382 g/mol. The molecule has 0 aliphatic heterocycles. The second-order valence-corrected chi connectivity index (χ2v) is 6.88. The minimum absolute atomic E-state index is 0.0170. The molecule has 0 atom stereocenters. The monoisotopic (exact) mass is 402 g/mol. The zero-order valence-electron chi connectivity index (χ0n) is 16.5. The third-order valence-electron chi connectivity index (χ3n) is 4.98. The highest BCUT2D eigenvalue weighted by molar-refractivity contribution is 5.91. The topological polar surface area (TPSA) is 86.0 Å². The first-order valence-electron chi connectivity index (χ1n) is 8.92. The molecule has 0 unspecified atom stereocenters. The Morgan fingerprint density at radius 1 is 1.14 bits per heavy atom. The Hall–Kier alpha value is -3.36. The van der Waals surface area contributed by atoms with Gasteiger partial charge in [0.1, 0.15) is 17.3 Å². The van der Waals surface area contributed by atoms with E-state index in [2.05, 4.69) is 10.3 Å². The Morgan fingerprint density at radius 2 is 1.83 bits per heavy atom. The number of hydrogen-bond donors (Lipinski definition) is 1. The van der Waals surface area contributed by atoms with Crippen LogP contribution in [0.3, 0.4) is 0 Å². The average Bonchev–Trinajstić information content (AvgIpc) is 2.67. The molecule has 2 aromatic heterocycles. The Bertz CT molecular complexity index is 1260. The molecule has 0 radical (unpaired) electrons. The number of fused-ring (bicyclic) bond motifs is 1. The van der Waals surface area contributed by atoms with Crippen LogP contribution in [-0.2, 0) is 25.3 Å². The SMILES string of the molecule is Cc1nc2c(c(C)c1CCC(=O)Nc1cc(F)ccc1F)c(=O)n(C)c(=O)n2C. The summed E-state index contributed by atoms with van der Waals surface area (Å²) in [6.07, 6.45) is 0.228. The minimum atomic E-state index is -0.733. The zero-order valence-corrected chi connectivity index (χ0v) is 16.5. The van der Waals surface area contributed by atoms with Crippen molar-refractivity contribution in [3.63, 3.8) is 0 Å². The van der Waals surface area contributed by atoms with Gasteiger partial charge in [0.15, 0.2) is 0 Å². The summed E-state index contributed by atoms with van der Waals surface area (Å²) in [5, 5.41) is 2.66. The maximum atomic E-state index is 13.7. The summed E-state index contributed by atoms with van der Waals surface area (Å²) in [6, 6.07) is 2.81. The quantitative estimate of drug-likeness (QED) is 0.724. The Kier molecular flexibility index (Phi) is 5.32. The van der Waals surface area contributed by atoms with Crippen molar-refractivity contribution in [2.75, 3.05) is 5.32 Å². The molecule has 0 bridgehead atoms. The van der Waals surface area contributed by atoms with Crippen molar-refractivity contribution in [3.05, 3.63) is 67.5 Å². The fraction of sp³-hybridized carbons (Fsp3) is 0.300. The number of halogens is 2. The van der Waals surface area contributed by atoms with E-state index in [0.717, 1.165) is 22.8 Å². The number of anilines is 1. The number of rotatable bonds is 4. The molecule has 3 rings (SSSR count). The zero-order chi connectivity index (χ0) is 21.5. The van der Waals surface area contributed by atoms with Crippen LogP contribution in [0.25, 0.3) is 11.0 Å². The summed E-state index contributed by atoms with van der Waals surface area (Å²) >= 11 is 0. The molecule has 1 aromatic carbocycles. The first-order chi connectivity index (χ1) is 13.6. The molecule has 0 aliphatic carbocycles. The number of nitrogens with zero attached hydrogens (tertiary/aromatic N) is 3. The molecular formula is C20H20F2N4O3. The fourth-order valence-corrected chi connectivity index (χ4v) is 3.35. The Labute approximate surface area is 164 Å². The predicted octanol–water partition coefficient (Wildman–Crippen LogP) is 2.10. The number of pyridine rings is 1. The van der Waals surface area contributed by atoms with E-state index in [0.29, 0.717) is 22.2 Å². The highest BCUT2D eigenvalue weighted by Gasteiger charge is 2.18. The van der Waals surface area contributed by atoms with Gasteiger partial charge in [-0.15, -0.1) is 0 Å². The largest absolute Gasteiger partial charge is 0.332 e. The van der Waals surface area contributed by atoms with Gasteiger partial charge in [-0.25, -0.2) is 18.6 Å². The van der Waals surface area contributed by atoms with E-state index < -0.39 is 28.8 Å². The van der Waals surface area contributed by atoms with Gasteiger partial charge in [0.25, 0.3) is 5.56 Å². The van der Waals surface area contributed by atoms with Crippen LogP contribution in [0.5, 0.6) is 0 Å². The number of benzene rings is 1. The van der Waals surface area contributed by atoms with Crippen LogP contribution >= 0.6 is 0 Å². The summed E-state index contributed by atoms with van der Waals surface area (Å²) in [7, 11) is 2.93. The van der Waals surface area contributed by atoms with Crippen LogP contribution in [0.2, 0.25) is 0 Å². The third-order valence-corrected chi connectivity index (χ3v) is 4.98. The number of aryl methyl sites for hydroxylation is 3. The summed E-state index contributed by atoms with van der Waals surface area (Å²) in [6.45, 7) is 3.47. The molecule has 0 aliphatic rings. The van der Waals surface area contributed by atoms with Crippen molar-refractivity contribution in [2.45, 2.75) is 26.7 Å². The number of aromatic nitrogens is 3. The standard InChI is InChI=1S/C20H20F2N4O3/c1-10-13(6-8-16(27)24-15-9-12(21)5-7-14(15)22)11(2)23-18-17(10)19(28)26(4)20(29)25(18)3/h5,7,9H,6,8H2,1-4H3,(H,24,27). The maximum absolute atomic E-state index is 13.7. The lowest BCUT2D eigenvalue weighted by atomic mass is 10.00. The van der Waals surface area contributed by atoms with Crippen LogP contribution in [-0.4, -0.2) is 20.0 Å². The van der Waals surface area contributed by atoms with Crippen LogP contribution in [0.1, 0.15) is 23.2 Å². The van der Waals surface area contributed by atoms with E-state index in [4.69, 9.17) is 0 Å². The van der Waals surface area contributed by atoms with Crippen molar-refractivity contribution in [1.29, 1.82) is 0 Å². The molecule has 0 spiro atoms. The highest BCUT2D eigenvalue weighted by atomic mass is 19.1. The van der Waals surface area contributed by atoms with Crippen LogP contribution in [0, 0.1) is 25.5 Å². The molecule has 0 fully saturated rings. The van der Waals surface area contributed by atoms with Gasteiger partial charge in [-0.2, -0.15) is 0 Å². The highest BCUT2D eigenvalue weighted by Crippen LogP contribution is 2.21. The second kappa shape index (κ2) is 7.57. The lowest BCUT2D eigenvalue weighted by Crippen LogP contribution is -2.38. The predicted molar refractivity (Wildman–Crippen MR) is 105 cm³/mol. The molecule has 0 saturated carbocycles. The van der Waals surface area contributed by atoms with Gasteiger partial charge in [0, 0.05) is 32.3 Å². The van der Waals surface area contributed by atoms with Gasteiger partial charge in [0.2, 0.25) is 5.91 Å². The van der Waals surface area contributed by atoms with Gasteiger partial charge >= 0.3 is 5.69 Å². The number of carbonyl (C=O) groups excluding carboxylic acids is 1. The number of hydrogen-bond acceptors (Lipinski definition) is 4. The summed E-state index contributed by atoms with van der Waals surface area (Å²) in [4.78, 5) is 41.3. The molecule has 1 amide bonds. The molecule has 3 aromatic rings. The van der Waals surface area contributed by atoms with Gasteiger partial charge in [-0.05, 0) is 43.5 Å². The van der Waals surface area contributed by atoms with Crippen molar-refractivity contribution in [2.24, 2.45) is 14.1 Å². The molecule has 1 N–H and O–H groups in total. The van der Waals surface area contributed by atoms with Crippen LogP contribution < -0.4 is 16.6 Å². The van der Waals surface area contributed by atoms with Gasteiger partial charge in [-0.1, -0.05) is 0 Å². The van der Waals surface area contributed by atoms with E-state index in [1.165, 1.54) is 18.7 Å². The normalized spacial score (nSPS) is 11.1. The van der Waals surface area contributed by atoms with E-state index in [9.17, 15) is 23.2 Å². The van der Waals surface area contributed by atoms with E-state index in [1.54, 1.807) is 13.8 Å². The molecule has 152 valence electrons. The molecule has 2 heterocycles. The van der Waals surface area contributed by atoms with Crippen LogP contribution in [0.15, 0.2) is 27.8 Å². The van der Waals surface area contributed by atoms with Gasteiger partial charge in [0.05, 0.1) is 11.1 Å². The van der Waals surface area contributed by atoms with Gasteiger partial charge < -0.3 is 5.32 Å². The van der Waals surface area contributed by atoms with Crippen molar-refractivity contribution in [3.8, 4) is 0 Å². The van der Waals surface area contributed by atoms with Crippen molar-refractivity contribution < 1.29 is 13.6 Å². The van der Waals surface area contributed by atoms with Crippen molar-refractivity contribution >= 4 is 22.6 Å². The molecule has 7 nitrogen and oxygen atoms in total. The van der Waals surface area contributed by atoms with Crippen LogP contribution in [0.4, 0.5) is 14.5 Å². The first-order valence-corrected chi connectivity index (χ1v) is 8.92. The lowest BCUT2D eigenvalue weighted by molar-refractivity contribution is -0.116. The summed E-state index contributed by atoms with van der Waals surface area (Å²) < 4.78 is 29.3. The summed E-state index contributed by atoms with van der Waals surface area (Å²) in [5.41, 5.74) is 1.03.